The smallest absolute Gasteiger partial charge is 0.220 e. The van der Waals surface area contributed by atoms with E-state index in [1.807, 2.05) is 0 Å². The standard InChI is InChI=1S/C7H10ClNO/c1-2-6-9-7(10)4-3-5-8/h1H,3-6H2,(H,9,10). The lowest BCUT2D eigenvalue weighted by Gasteiger charge is -1.97. The van der Waals surface area contributed by atoms with Gasteiger partial charge in [-0.2, -0.15) is 0 Å². The summed E-state index contributed by atoms with van der Waals surface area (Å²) in [5.41, 5.74) is 0. The lowest BCUT2D eigenvalue weighted by Crippen LogP contribution is -2.22. The van der Waals surface area contributed by atoms with Crippen molar-refractivity contribution in [3.05, 3.63) is 0 Å². The number of carbonyl (C=O) groups excluding carboxylic acids is 1. The Balaban J connectivity index is 3.19. The summed E-state index contributed by atoms with van der Waals surface area (Å²) < 4.78 is 0. The van der Waals surface area contributed by atoms with E-state index >= 15 is 0 Å². The number of nitrogens with one attached hydrogen (secondary N) is 1. The number of carbonyl (C=O) groups is 1. The van der Waals surface area contributed by atoms with Gasteiger partial charge in [0.25, 0.3) is 0 Å². The van der Waals surface area contributed by atoms with Crippen LogP contribution < -0.4 is 5.32 Å². The van der Waals surface area contributed by atoms with E-state index in [0.717, 1.165) is 0 Å². The summed E-state index contributed by atoms with van der Waals surface area (Å²) in [6.45, 7) is 0.307. The van der Waals surface area contributed by atoms with Crippen LogP contribution >= 0.6 is 11.6 Å². The first-order valence-electron chi connectivity index (χ1n) is 3.07. The van der Waals surface area contributed by atoms with Gasteiger partial charge in [-0.25, -0.2) is 0 Å². The van der Waals surface area contributed by atoms with Crippen molar-refractivity contribution in [2.75, 3.05) is 12.4 Å². The first-order chi connectivity index (χ1) is 4.81. The fraction of sp³-hybridized carbons (Fsp3) is 0.571. The molecule has 0 heterocycles. The molecule has 0 aromatic heterocycles. The van der Waals surface area contributed by atoms with Crippen LogP contribution in [0.5, 0.6) is 0 Å². The molecule has 0 fully saturated rings. The van der Waals surface area contributed by atoms with E-state index in [1.54, 1.807) is 0 Å². The highest BCUT2D eigenvalue weighted by Gasteiger charge is 1.96. The quantitative estimate of drug-likeness (QED) is 0.476. The van der Waals surface area contributed by atoms with E-state index in [9.17, 15) is 4.79 Å². The Bertz CT molecular complexity index is 139. The van der Waals surface area contributed by atoms with E-state index in [0.29, 0.717) is 25.3 Å². The molecule has 0 aromatic carbocycles. The van der Waals surface area contributed by atoms with Crippen molar-refractivity contribution in [2.45, 2.75) is 12.8 Å². The van der Waals surface area contributed by atoms with Gasteiger partial charge in [-0.1, -0.05) is 5.92 Å². The van der Waals surface area contributed by atoms with Crippen LogP contribution in [-0.4, -0.2) is 18.3 Å². The second-order valence-corrected chi connectivity index (χ2v) is 2.15. The van der Waals surface area contributed by atoms with Gasteiger partial charge in [-0.05, 0) is 6.42 Å². The van der Waals surface area contributed by atoms with Crippen molar-refractivity contribution in [3.63, 3.8) is 0 Å². The molecular formula is C7H10ClNO. The zero-order valence-electron chi connectivity index (χ0n) is 5.69. The van der Waals surface area contributed by atoms with Crippen molar-refractivity contribution < 1.29 is 4.79 Å². The number of rotatable bonds is 4. The monoisotopic (exact) mass is 159 g/mol. The number of amides is 1. The van der Waals surface area contributed by atoms with Crippen LogP contribution in [-0.2, 0) is 4.79 Å². The molecule has 0 rings (SSSR count). The summed E-state index contributed by atoms with van der Waals surface area (Å²) in [5, 5.41) is 2.53. The Hall–Kier alpha value is -0.680. The normalized spacial score (nSPS) is 8.40. The predicted octanol–water partition coefficient (Wildman–Crippen LogP) is 0.755. The largest absolute Gasteiger partial charge is 0.345 e. The van der Waals surface area contributed by atoms with Gasteiger partial charge in [0.1, 0.15) is 0 Å². The molecule has 0 aliphatic heterocycles. The summed E-state index contributed by atoms with van der Waals surface area (Å²) in [6, 6.07) is 0. The molecular weight excluding hydrogens is 150 g/mol. The predicted molar refractivity (Wildman–Crippen MR) is 41.8 cm³/mol. The highest BCUT2D eigenvalue weighted by Crippen LogP contribution is 1.90. The Morgan fingerprint density at radius 1 is 1.70 bits per heavy atom. The molecule has 2 nitrogen and oxygen atoms in total. The number of alkyl halides is 1. The van der Waals surface area contributed by atoms with E-state index in [4.69, 9.17) is 18.0 Å². The van der Waals surface area contributed by atoms with Crippen molar-refractivity contribution in [1.82, 2.24) is 5.32 Å². The average Bonchev–Trinajstić information content (AvgIpc) is 1.97. The molecule has 0 saturated carbocycles. The highest BCUT2D eigenvalue weighted by molar-refractivity contribution is 6.17. The summed E-state index contributed by atoms with van der Waals surface area (Å²) in [5.74, 6) is 2.80. The van der Waals surface area contributed by atoms with Crippen LogP contribution in [0, 0.1) is 12.3 Å². The van der Waals surface area contributed by atoms with Crippen LogP contribution in [0.25, 0.3) is 0 Å². The second-order valence-electron chi connectivity index (χ2n) is 1.77. The Morgan fingerprint density at radius 3 is 2.90 bits per heavy atom. The van der Waals surface area contributed by atoms with E-state index in [2.05, 4.69) is 11.2 Å². The fourth-order valence-electron chi connectivity index (χ4n) is 0.465. The Morgan fingerprint density at radius 2 is 2.40 bits per heavy atom. The molecule has 10 heavy (non-hydrogen) atoms. The van der Waals surface area contributed by atoms with Gasteiger partial charge < -0.3 is 5.32 Å². The molecule has 0 unspecified atom stereocenters. The molecule has 0 aliphatic rings. The molecule has 1 amide bonds. The molecule has 1 N–H and O–H groups in total. The molecule has 3 heteroatoms. The summed E-state index contributed by atoms with van der Waals surface area (Å²) in [4.78, 5) is 10.7. The van der Waals surface area contributed by atoms with Crippen LogP contribution in [0.4, 0.5) is 0 Å². The third-order valence-corrected chi connectivity index (χ3v) is 1.19. The third-order valence-electron chi connectivity index (χ3n) is 0.925. The van der Waals surface area contributed by atoms with Crippen LogP contribution in [0.15, 0.2) is 0 Å². The maximum absolute atomic E-state index is 10.7. The number of hydrogen-bond donors (Lipinski definition) is 1. The molecule has 0 radical (unpaired) electrons. The summed E-state index contributed by atoms with van der Waals surface area (Å²) in [6.07, 6.45) is 6.08. The van der Waals surface area contributed by atoms with E-state index < -0.39 is 0 Å². The minimum absolute atomic E-state index is 0.0291. The minimum Gasteiger partial charge on any atom is -0.345 e. The summed E-state index contributed by atoms with van der Waals surface area (Å²) in [7, 11) is 0. The molecule has 0 saturated heterocycles. The molecule has 0 bridgehead atoms. The Labute approximate surface area is 65.9 Å². The fourth-order valence-corrected chi connectivity index (χ4v) is 0.599. The first kappa shape index (κ1) is 9.32. The Kier molecular flexibility index (Phi) is 6.00. The van der Waals surface area contributed by atoms with Crippen molar-refractivity contribution in [2.24, 2.45) is 0 Å². The van der Waals surface area contributed by atoms with E-state index in [-0.39, 0.29) is 5.91 Å². The van der Waals surface area contributed by atoms with Crippen molar-refractivity contribution >= 4 is 17.5 Å². The maximum atomic E-state index is 10.7. The van der Waals surface area contributed by atoms with Crippen molar-refractivity contribution in [1.29, 1.82) is 0 Å². The van der Waals surface area contributed by atoms with Gasteiger partial charge >= 0.3 is 0 Å². The molecule has 0 atom stereocenters. The summed E-state index contributed by atoms with van der Waals surface area (Å²) >= 11 is 5.36. The SMILES string of the molecule is C#CCNC(=O)CCCCl. The number of terminal acetylenes is 1. The molecule has 0 aliphatic carbocycles. The van der Waals surface area contributed by atoms with E-state index in [1.165, 1.54) is 0 Å². The number of hydrogen-bond acceptors (Lipinski definition) is 1. The minimum atomic E-state index is -0.0291. The van der Waals surface area contributed by atoms with Gasteiger partial charge in [-0.3, -0.25) is 4.79 Å². The zero-order valence-corrected chi connectivity index (χ0v) is 6.45. The van der Waals surface area contributed by atoms with Gasteiger partial charge in [0.2, 0.25) is 5.91 Å². The van der Waals surface area contributed by atoms with Crippen LogP contribution in [0.3, 0.4) is 0 Å². The number of halogens is 1. The van der Waals surface area contributed by atoms with Crippen LogP contribution in [0.1, 0.15) is 12.8 Å². The van der Waals surface area contributed by atoms with Gasteiger partial charge in [0, 0.05) is 12.3 Å². The molecule has 0 spiro atoms. The highest BCUT2D eigenvalue weighted by atomic mass is 35.5. The molecule has 0 aromatic rings. The van der Waals surface area contributed by atoms with Gasteiger partial charge in [-0.15, -0.1) is 18.0 Å². The zero-order chi connectivity index (χ0) is 7.82. The average molecular weight is 160 g/mol. The lowest BCUT2D eigenvalue weighted by molar-refractivity contribution is -0.120. The molecule has 56 valence electrons. The van der Waals surface area contributed by atoms with Gasteiger partial charge in [0.05, 0.1) is 6.54 Å². The first-order valence-corrected chi connectivity index (χ1v) is 3.61. The van der Waals surface area contributed by atoms with Gasteiger partial charge in [0.15, 0.2) is 0 Å². The second kappa shape index (κ2) is 6.44. The maximum Gasteiger partial charge on any atom is 0.220 e. The third kappa shape index (κ3) is 5.46. The van der Waals surface area contributed by atoms with Crippen LogP contribution in [0.2, 0.25) is 0 Å². The van der Waals surface area contributed by atoms with Crippen molar-refractivity contribution in [3.8, 4) is 12.3 Å². The lowest BCUT2D eigenvalue weighted by atomic mass is 10.3. The topological polar surface area (TPSA) is 29.1 Å².